The van der Waals surface area contributed by atoms with Crippen LogP contribution in [-0.4, -0.2) is 23.4 Å². The second-order valence-corrected chi connectivity index (χ2v) is 4.87. The van der Waals surface area contributed by atoms with Gasteiger partial charge in [-0.25, -0.2) is 4.68 Å². The van der Waals surface area contributed by atoms with Gasteiger partial charge >= 0.3 is 0 Å². The van der Waals surface area contributed by atoms with E-state index in [2.05, 4.69) is 12.0 Å². The lowest BCUT2D eigenvalue weighted by Gasteiger charge is -2.17. The van der Waals surface area contributed by atoms with Crippen LogP contribution in [0.25, 0.3) is 0 Å². The highest BCUT2D eigenvalue weighted by molar-refractivity contribution is 5.42. The number of nitrogens with zero attached hydrogens (tertiary/aromatic N) is 3. The summed E-state index contributed by atoms with van der Waals surface area (Å²) in [6, 6.07) is 9.08. The third kappa shape index (κ3) is 3.38. The molecule has 0 unspecified atom stereocenters. The minimum Gasteiger partial charge on any atom is -0.399 e. The Morgan fingerprint density at radius 3 is 2.60 bits per heavy atom. The molecule has 0 atom stereocenters. The Balaban J connectivity index is 2.17. The van der Waals surface area contributed by atoms with Crippen LogP contribution in [0.5, 0.6) is 0 Å². The molecule has 0 aliphatic carbocycles. The molecular formula is C15H20N4O. The number of nitrogen functional groups attached to an aromatic ring is 1. The first-order chi connectivity index (χ1) is 9.60. The second-order valence-electron chi connectivity index (χ2n) is 4.87. The molecule has 5 nitrogen and oxygen atoms in total. The molecule has 1 aromatic carbocycles. The van der Waals surface area contributed by atoms with Crippen LogP contribution in [-0.2, 0) is 6.54 Å². The zero-order chi connectivity index (χ0) is 14.5. The molecule has 0 saturated heterocycles. The van der Waals surface area contributed by atoms with E-state index in [-0.39, 0.29) is 5.56 Å². The van der Waals surface area contributed by atoms with E-state index in [1.807, 2.05) is 36.2 Å². The quantitative estimate of drug-likeness (QED) is 0.842. The third-order valence-electron chi connectivity index (χ3n) is 3.17. The first-order valence-electron chi connectivity index (χ1n) is 6.73. The third-order valence-corrected chi connectivity index (χ3v) is 3.17. The van der Waals surface area contributed by atoms with Crippen LogP contribution in [0.1, 0.15) is 18.9 Å². The maximum Gasteiger partial charge on any atom is 0.269 e. The second kappa shape index (κ2) is 6.23. The molecule has 0 bridgehead atoms. The predicted molar refractivity (Wildman–Crippen MR) is 82.0 cm³/mol. The summed E-state index contributed by atoms with van der Waals surface area (Å²) in [7, 11) is 1.96. The van der Waals surface area contributed by atoms with Gasteiger partial charge in [0, 0.05) is 25.3 Å². The highest BCUT2D eigenvalue weighted by atomic mass is 16.1. The molecule has 2 aromatic rings. The smallest absolute Gasteiger partial charge is 0.269 e. The summed E-state index contributed by atoms with van der Waals surface area (Å²) >= 11 is 0. The fourth-order valence-corrected chi connectivity index (χ4v) is 2.01. The number of benzene rings is 1. The molecule has 0 saturated carbocycles. The maximum atomic E-state index is 12.1. The molecule has 0 aliphatic rings. The Morgan fingerprint density at radius 2 is 2.00 bits per heavy atom. The first-order valence-corrected chi connectivity index (χ1v) is 6.73. The van der Waals surface area contributed by atoms with Gasteiger partial charge in [-0.2, -0.15) is 5.10 Å². The Hall–Kier alpha value is -2.30. The minimum atomic E-state index is -0.0951. The van der Waals surface area contributed by atoms with E-state index in [9.17, 15) is 4.79 Å². The predicted octanol–water partition coefficient (Wildman–Crippen LogP) is 1.72. The maximum absolute atomic E-state index is 12.1. The number of hydrogen-bond donors (Lipinski definition) is 1. The van der Waals surface area contributed by atoms with Crippen molar-refractivity contribution in [3.63, 3.8) is 0 Å². The Labute approximate surface area is 118 Å². The molecule has 5 heteroatoms. The van der Waals surface area contributed by atoms with Crippen LogP contribution < -0.4 is 16.2 Å². The Morgan fingerprint density at radius 1 is 1.30 bits per heavy atom. The lowest BCUT2D eigenvalue weighted by molar-refractivity contribution is 0.637. The zero-order valence-corrected chi connectivity index (χ0v) is 11.9. The first kappa shape index (κ1) is 14.1. The van der Waals surface area contributed by atoms with Crippen molar-refractivity contribution in [2.24, 2.45) is 0 Å². The normalized spacial score (nSPS) is 10.5. The van der Waals surface area contributed by atoms with E-state index in [1.165, 1.54) is 4.68 Å². The number of anilines is 2. The van der Waals surface area contributed by atoms with Crippen molar-refractivity contribution in [1.29, 1.82) is 0 Å². The molecule has 0 radical (unpaired) electrons. The van der Waals surface area contributed by atoms with Crippen LogP contribution in [0, 0.1) is 0 Å². The topological polar surface area (TPSA) is 64.2 Å². The largest absolute Gasteiger partial charge is 0.399 e. The van der Waals surface area contributed by atoms with Crippen LogP contribution in [0.15, 0.2) is 41.3 Å². The summed E-state index contributed by atoms with van der Waals surface area (Å²) in [6.45, 7) is 3.46. The van der Waals surface area contributed by atoms with Gasteiger partial charge in [0.25, 0.3) is 5.56 Å². The summed E-state index contributed by atoms with van der Waals surface area (Å²) in [5.41, 5.74) is 8.12. The summed E-state index contributed by atoms with van der Waals surface area (Å²) in [5, 5.41) is 4.23. The van der Waals surface area contributed by atoms with E-state index >= 15 is 0 Å². The van der Waals surface area contributed by atoms with Gasteiger partial charge in [0.1, 0.15) is 0 Å². The van der Waals surface area contributed by atoms with Crippen molar-refractivity contribution in [2.75, 3.05) is 24.2 Å². The van der Waals surface area contributed by atoms with Crippen LogP contribution in [0.2, 0.25) is 0 Å². The molecule has 106 valence electrons. The summed E-state index contributed by atoms with van der Waals surface area (Å²) in [4.78, 5) is 14.1. The van der Waals surface area contributed by atoms with Gasteiger partial charge in [-0.1, -0.05) is 19.1 Å². The molecule has 2 rings (SSSR count). The van der Waals surface area contributed by atoms with Crippen molar-refractivity contribution in [1.82, 2.24) is 9.78 Å². The molecule has 0 fully saturated rings. The van der Waals surface area contributed by atoms with E-state index in [0.717, 1.165) is 24.2 Å². The highest BCUT2D eigenvalue weighted by Gasteiger charge is 2.04. The number of nitrogens with two attached hydrogens (primary N) is 1. The summed E-state index contributed by atoms with van der Waals surface area (Å²) < 4.78 is 1.45. The molecule has 0 amide bonds. The minimum absolute atomic E-state index is 0.0951. The fourth-order valence-electron chi connectivity index (χ4n) is 2.01. The van der Waals surface area contributed by atoms with Crippen molar-refractivity contribution in [3.05, 3.63) is 52.4 Å². The number of hydrogen-bond acceptors (Lipinski definition) is 4. The van der Waals surface area contributed by atoms with Crippen LogP contribution >= 0.6 is 0 Å². The average molecular weight is 272 g/mol. The molecule has 2 N–H and O–H groups in total. The number of aromatic nitrogens is 2. The number of rotatable bonds is 5. The van der Waals surface area contributed by atoms with E-state index in [0.29, 0.717) is 12.2 Å². The molecule has 0 aliphatic heterocycles. The van der Waals surface area contributed by atoms with E-state index in [1.54, 1.807) is 12.3 Å². The standard InChI is InChI=1S/C15H20N4O/c1-3-8-18(2)14-9-15(20)19(17-10-14)11-12-4-6-13(16)7-5-12/h4-7,9-10H,3,8,11,16H2,1-2H3. The fraction of sp³-hybridized carbons (Fsp3) is 0.333. The lowest BCUT2D eigenvalue weighted by Crippen LogP contribution is -2.26. The van der Waals surface area contributed by atoms with E-state index < -0.39 is 0 Å². The van der Waals surface area contributed by atoms with Gasteiger partial charge in [-0.15, -0.1) is 0 Å². The summed E-state index contributed by atoms with van der Waals surface area (Å²) in [6.07, 6.45) is 2.76. The van der Waals surface area contributed by atoms with Crippen molar-refractivity contribution in [3.8, 4) is 0 Å². The molecule has 0 spiro atoms. The zero-order valence-electron chi connectivity index (χ0n) is 11.9. The van der Waals surface area contributed by atoms with Crippen molar-refractivity contribution < 1.29 is 0 Å². The molecule has 1 heterocycles. The van der Waals surface area contributed by atoms with Crippen LogP contribution in [0.4, 0.5) is 11.4 Å². The van der Waals surface area contributed by atoms with Crippen molar-refractivity contribution >= 4 is 11.4 Å². The van der Waals surface area contributed by atoms with Crippen LogP contribution in [0.3, 0.4) is 0 Å². The van der Waals surface area contributed by atoms with Gasteiger partial charge in [0.15, 0.2) is 0 Å². The van der Waals surface area contributed by atoms with Gasteiger partial charge in [0.05, 0.1) is 18.4 Å². The summed E-state index contributed by atoms with van der Waals surface area (Å²) in [5.74, 6) is 0. The Bertz CT molecular complexity index is 619. The average Bonchev–Trinajstić information content (AvgIpc) is 2.43. The molecule has 1 aromatic heterocycles. The van der Waals surface area contributed by atoms with E-state index in [4.69, 9.17) is 5.73 Å². The Kier molecular flexibility index (Phi) is 4.40. The van der Waals surface area contributed by atoms with Gasteiger partial charge in [-0.05, 0) is 24.1 Å². The SMILES string of the molecule is CCCN(C)c1cnn(Cc2ccc(N)cc2)c(=O)c1. The van der Waals surface area contributed by atoms with Gasteiger partial charge in [0.2, 0.25) is 0 Å². The lowest BCUT2D eigenvalue weighted by atomic mass is 10.2. The molecule has 20 heavy (non-hydrogen) atoms. The monoisotopic (exact) mass is 272 g/mol. The van der Waals surface area contributed by atoms with Gasteiger partial charge in [-0.3, -0.25) is 4.79 Å². The highest BCUT2D eigenvalue weighted by Crippen LogP contribution is 2.09. The molecular weight excluding hydrogens is 252 g/mol. The van der Waals surface area contributed by atoms with Gasteiger partial charge < -0.3 is 10.6 Å². The van der Waals surface area contributed by atoms with Crippen molar-refractivity contribution in [2.45, 2.75) is 19.9 Å².